The van der Waals surface area contributed by atoms with E-state index in [-0.39, 0.29) is 6.04 Å². The number of nitrogens with zero attached hydrogens (tertiary/aromatic N) is 1. The normalized spacial score (nSPS) is 31.6. The third-order valence-electron chi connectivity index (χ3n) is 4.13. The van der Waals surface area contributed by atoms with E-state index < -0.39 is 0 Å². The van der Waals surface area contributed by atoms with Crippen molar-refractivity contribution in [3.8, 4) is 0 Å². The molecular weight excluding hydrogens is 200 g/mol. The lowest BCUT2D eigenvalue weighted by molar-refractivity contribution is -0.135. The highest BCUT2D eigenvalue weighted by Crippen LogP contribution is 2.24. The lowest BCUT2D eigenvalue weighted by atomic mass is 9.98. The second-order valence-electron chi connectivity index (χ2n) is 5.44. The molecule has 1 amide bonds. The summed E-state index contributed by atoms with van der Waals surface area (Å²) in [5.41, 5.74) is 0. The molecule has 3 nitrogen and oxygen atoms in total. The van der Waals surface area contributed by atoms with Gasteiger partial charge < -0.3 is 10.2 Å². The van der Waals surface area contributed by atoms with E-state index >= 15 is 0 Å². The molecule has 1 aliphatic heterocycles. The van der Waals surface area contributed by atoms with Gasteiger partial charge in [0, 0.05) is 19.1 Å². The van der Waals surface area contributed by atoms with Crippen molar-refractivity contribution in [3.05, 3.63) is 0 Å². The van der Waals surface area contributed by atoms with Gasteiger partial charge in [-0.2, -0.15) is 0 Å². The van der Waals surface area contributed by atoms with Crippen molar-refractivity contribution in [3.63, 3.8) is 0 Å². The minimum atomic E-state index is 0.0781. The molecule has 2 fully saturated rings. The van der Waals surface area contributed by atoms with Gasteiger partial charge in [-0.3, -0.25) is 4.79 Å². The van der Waals surface area contributed by atoms with Gasteiger partial charge in [0.05, 0.1) is 6.04 Å². The van der Waals surface area contributed by atoms with Crippen molar-refractivity contribution in [2.75, 3.05) is 7.05 Å². The third kappa shape index (κ3) is 2.57. The van der Waals surface area contributed by atoms with Crippen LogP contribution in [-0.4, -0.2) is 36.0 Å². The van der Waals surface area contributed by atoms with E-state index in [9.17, 15) is 4.79 Å². The Balaban J connectivity index is 1.89. The highest BCUT2D eigenvalue weighted by atomic mass is 16.2. The molecule has 92 valence electrons. The molecule has 1 heterocycles. The van der Waals surface area contributed by atoms with Gasteiger partial charge in [-0.15, -0.1) is 0 Å². The van der Waals surface area contributed by atoms with Crippen molar-refractivity contribution in [2.24, 2.45) is 0 Å². The molecule has 0 spiro atoms. The number of likely N-dealkylation sites (N-methyl/N-ethyl adjacent to an activating group) is 1. The number of hydrogen-bond donors (Lipinski definition) is 1. The summed E-state index contributed by atoms with van der Waals surface area (Å²) in [5.74, 6) is 0.318. The van der Waals surface area contributed by atoms with Crippen molar-refractivity contribution < 1.29 is 4.79 Å². The van der Waals surface area contributed by atoms with Crippen molar-refractivity contribution in [2.45, 2.75) is 70.0 Å². The Kier molecular flexibility index (Phi) is 3.85. The molecule has 2 aliphatic rings. The lowest BCUT2D eigenvalue weighted by Gasteiger charge is -2.33. The summed E-state index contributed by atoms with van der Waals surface area (Å²) < 4.78 is 0. The summed E-state index contributed by atoms with van der Waals surface area (Å²) in [6, 6.07) is 1.08. The predicted octanol–water partition coefficient (Wildman–Crippen LogP) is 1.92. The fraction of sp³-hybridized carbons (Fsp3) is 0.923. The maximum atomic E-state index is 12.3. The third-order valence-corrected chi connectivity index (χ3v) is 4.13. The first-order valence-electron chi connectivity index (χ1n) is 6.71. The Bertz CT molecular complexity index is 244. The van der Waals surface area contributed by atoms with Gasteiger partial charge in [0.1, 0.15) is 0 Å². The summed E-state index contributed by atoms with van der Waals surface area (Å²) in [7, 11) is 1.99. The van der Waals surface area contributed by atoms with Crippen molar-refractivity contribution in [1.82, 2.24) is 10.2 Å². The summed E-state index contributed by atoms with van der Waals surface area (Å²) in [6.07, 6.45) is 8.38. The largest absolute Gasteiger partial charge is 0.341 e. The van der Waals surface area contributed by atoms with Crippen LogP contribution in [0, 0.1) is 0 Å². The number of carbonyl (C=O) groups is 1. The fourth-order valence-corrected chi connectivity index (χ4v) is 3.05. The number of carbonyl (C=O) groups excluding carboxylic acids is 1. The molecule has 1 saturated carbocycles. The first-order chi connectivity index (χ1) is 7.68. The Labute approximate surface area is 98.6 Å². The van der Waals surface area contributed by atoms with Crippen molar-refractivity contribution >= 4 is 5.91 Å². The van der Waals surface area contributed by atoms with E-state index in [1.165, 1.54) is 38.5 Å². The zero-order chi connectivity index (χ0) is 11.5. The minimum absolute atomic E-state index is 0.0781. The standard InChI is InChI=1S/C13H24N2O/c1-10-6-5-9-12(14-10)13(16)15(2)11-7-3-4-8-11/h10-12,14H,3-9H2,1-2H3. The molecule has 16 heavy (non-hydrogen) atoms. The van der Waals surface area contributed by atoms with Crippen LogP contribution < -0.4 is 5.32 Å². The Morgan fingerprint density at radius 3 is 2.44 bits per heavy atom. The quantitative estimate of drug-likeness (QED) is 0.777. The topological polar surface area (TPSA) is 32.3 Å². The van der Waals surface area contributed by atoms with Crippen LogP contribution >= 0.6 is 0 Å². The SMILES string of the molecule is CC1CCCC(C(=O)N(C)C2CCCC2)N1. The molecule has 1 aliphatic carbocycles. The Morgan fingerprint density at radius 1 is 1.12 bits per heavy atom. The molecule has 0 aromatic heterocycles. The number of amides is 1. The van der Waals surface area contributed by atoms with Crippen LogP contribution in [0.4, 0.5) is 0 Å². The van der Waals surface area contributed by atoms with Crippen LogP contribution in [0.3, 0.4) is 0 Å². The Morgan fingerprint density at radius 2 is 1.81 bits per heavy atom. The van der Waals surface area contributed by atoms with Gasteiger partial charge in [0.15, 0.2) is 0 Å². The molecule has 1 N–H and O–H groups in total. The average molecular weight is 224 g/mol. The zero-order valence-electron chi connectivity index (χ0n) is 10.5. The molecule has 2 unspecified atom stereocenters. The van der Waals surface area contributed by atoms with Gasteiger partial charge in [0.2, 0.25) is 5.91 Å². The number of hydrogen-bond acceptors (Lipinski definition) is 2. The first-order valence-corrected chi connectivity index (χ1v) is 6.71. The molecule has 3 heteroatoms. The highest BCUT2D eigenvalue weighted by molar-refractivity contribution is 5.82. The smallest absolute Gasteiger partial charge is 0.239 e. The van der Waals surface area contributed by atoms with Crippen LogP contribution in [0.25, 0.3) is 0 Å². The second-order valence-corrected chi connectivity index (χ2v) is 5.44. The molecule has 0 aromatic rings. The van der Waals surface area contributed by atoms with Crippen molar-refractivity contribution in [1.29, 1.82) is 0 Å². The molecule has 0 bridgehead atoms. The number of rotatable bonds is 2. The monoisotopic (exact) mass is 224 g/mol. The number of piperidine rings is 1. The molecular formula is C13H24N2O. The van der Waals surface area contributed by atoms with Crippen LogP contribution in [0.2, 0.25) is 0 Å². The molecule has 0 aromatic carbocycles. The first kappa shape index (κ1) is 11.9. The fourth-order valence-electron chi connectivity index (χ4n) is 3.05. The zero-order valence-corrected chi connectivity index (χ0v) is 10.5. The summed E-state index contributed by atoms with van der Waals surface area (Å²) >= 11 is 0. The van der Waals surface area contributed by atoms with E-state index in [2.05, 4.69) is 12.2 Å². The molecule has 2 rings (SSSR count). The summed E-state index contributed by atoms with van der Waals surface area (Å²) in [6.45, 7) is 2.18. The van der Waals surface area contributed by atoms with Crippen LogP contribution in [0.5, 0.6) is 0 Å². The molecule has 2 atom stereocenters. The van der Waals surface area contributed by atoms with Gasteiger partial charge in [-0.05, 0) is 39.0 Å². The van der Waals surface area contributed by atoms with Gasteiger partial charge >= 0.3 is 0 Å². The van der Waals surface area contributed by atoms with E-state index in [4.69, 9.17) is 0 Å². The summed E-state index contributed by atoms with van der Waals surface area (Å²) in [4.78, 5) is 14.3. The van der Waals surface area contributed by atoms with Crippen LogP contribution in [0.15, 0.2) is 0 Å². The van der Waals surface area contributed by atoms with E-state index in [1.54, 1.807) is 0 Å². The summed E-state index contributed by atoms with van der Waals surface area (Å²) in [5, 5.41) is 3.43. The van der Waals surface area contributed by atoms with Crippen LogP contribution in [0.1, 0.15) is 51.9 Å². The lowest BCUT2D eigenvalue weighted by Crippen LogP contribution is -2.52. The van der Waals surface area contributed by atoms with E-state index in [0.29, 0.717) is 18.0 Å². The van der Waals surface area contributed by atoms with Gasteiger partial charge in [0.25, 0.3) is 0 Å². The highest BCUT2D eigenvalue weighted by Gasteiger charge is 2.30. The maximum absolute atomic E-state index is 12.3. The van der Waals surface area contributed by atoms with Crippen LogP contribution in [-0.2, 0) is 4.79 Å². The van der Waals surface area contributed by atoms with E-state index in [0.717, 1.165) is 6.42 Å². The average Bonchev–Trinajstić information content (AvgIpc) is 2.80. The number of nitrogens with one attached hydrogen (secondary N) is 1. The predicted molar refractivity (Wildman–Crippen MR) is 65.3 cm³/mol. The Hall–Kier alpha value is -0.570. The van der Waals surface area contributed by atoms with Gasteiger partial charge in [-0.1, -0.05) is 12.8 Å². The van der Waals surface area contributed by atoms with E-state index in [1.807, 2.05) is 11.9 Å². The second kappa shape index (κ2) is 5.17. The molecule has 1 saturated heterocycles. The van der Waals surface area contributed by atoms with Gasteiger partial charge in [-0.25, -0.2) is 0 Å². The molecule has 0 radical (unpaired) electrons. The maximum Gasteiger partial charge on any atom is 0.239 e. The minimum Gasteiger partial charge on any atom is -0.341 e.